The molecule has 0 radical (unpaired) electrons. The molecule has 4 aliphatic rings. The van der Waals surface area contributed by atoms with Crippen molar-refractivity contribution in [3.05, 3.63) is 11.6 Å². The Kier molecular flexibility index (Phi) is 3.80. The van der Waals surface area contributed by atoms with E-state index in [0.717, 1.165) is 18.4 Å². The van der Waals surface area contributed by atoms with Crippen LogP contribution in [0.4, 0.5) is 0 Å². The molecule has 6 N–H and O–H groups in total. The number of hydrogen-bond donors (Lipinski definition) is 5. The summed E-state index contributed by atoms with van der Waals surface area (Å²) in [6.45, 7) is 6.29. The molecule has 0 aromatic heterocycles. The van der Waals surface area contributed by atoms with Crippen LogP contribution in [0, 0.1) is 34.5 Å². The van der Waals surface area contributed by atoms with Gasteiger partial charge in [0.25, 0.3) is 0 Å². The second-order valence-corrected chi connectivity index (χ2v) is 9.75. The zero-order chi connectivity index (χ0) is 18.4. The van der Waals surface area contributed by atoms with Crippen LogP contribution in [-0.2, 0) is 0 Å². The summed E-state index contributed by atoms with van der Waals surface area (Å²) in [5, 5.41) is 44.6. The molecule has 25 heavy (non-hydrogen) atoms. The lowest BCUT2D eigenvalue weighted by molar-refractivity contribution is -0.177. The van der Waals surface area contributed by atoms with E-state index in [1.807, 2.05) is 13.8 Å². The molecule has 0 saturated heterocycles. The monoisotopic (exact) mass is 351 g/mol. The summed E-state index contributed by atoms with van der Waals surface area (Å²) in [6.07, 6.45) is 2.73. The molecular weight excluding hydrogens is 318 g/mol. The minimum atomic E-state index is -1.34. The van der Waals surface area contributed by atoms with Gasteiger partial charge in [0.2, 0.25) is 0 Å². The van der Waals surface area contributed by atoms with E-state index in [4.69, 9.17) is 5.73 Å². The Morgan fingerprint density at radius 2 is 1.80 bits per heavy atom. The van der Waals surface area contributed by atoms with E-state index < -0.39 is 34.7 Å². The van der Waals surface area contributed by atoms with E-state index >= 15 is 0 Å². The van der Waals surface area contributed by atoms with Crippen molar-refractivity contribution >= 4 is 0 Å². The summed E-state index contributed by atoms with van der Waals surface area (Å²) in [4.78, 5) is 0. The highest BCUT2D eigenvalue weighted by molar-refractivity contribution is 5.32. The third kappa shape index (κ3) is 1.91. The Labute approximate surface area is 149 Å². The molecule has 142 valence electrons. The van der Waals surface area contributed by atoms with Crippen LogP contribution in [0.3, 0.4) is 0 Å². The second kappa shape index (κ2) is 5.29. The smallest absolute Gasteiger partial charge is 0.101 e. The number of nitrogens with two attached hydrogens (primary N) is 1. The van der Waals surface area contributed by atoms with Crippen molar-refractivity contribution < 1.29 is 20.4 Å². The zero-order valence-electron chi connectivity index (χ0n) is 15.5. The van der Waals surface area contributed by atoms with E-state index in [-0.39, 0.29) is 23.7 Å². The van der Waals surface area contributed by atoms with Crippen molar-refractivity contribution in [1.82, 2.24) is 0 Å². The average Bonchev–Trinajstić information content (AvgIpc) is 2.81. The fourth-order valence-electron chi connectivity index (χ4n) is 7.23. The van der Waals surface area contributed by atoms with Crippen LogP contribution in [0.1, 0.15) is 46.5 Å². The molecule has 1 spiro atoms. The molecule has 0 heterocycles. The molecule has 4 aliphatic carbocycles. The molecule has 0 aromatic carbocycles. The third-order valence-electron chi connectivity index (χ3n) is 8.81. The van der Waals surface area contributed by atoms with E-state index in [1.54, 1.807) is 0 Å². The normalized spacial score (nSPS) is 56.8. The van der Waals surface area contributed by atoms with Gasteiger partial charge in [-0.2, -0.15) is 0 Å². The van der Waals surface area contributed by atoms with E-state index in [1.165, 1.54) is 0 Å². The van der Waals surface area contributed by atoms with Gasteiger partial charge in [-0.3, -0.25) is 0 Å². The van der Waals surface area contributed by atoms with E-state index in [2.05, 4.69) is 13.0 Å². The van der Waals surface area contributed by atoms with Crippen LogP contribution in [0.25, 0.3) is 0 Å². The van der Waals surface area contributed by atoms with Gasteiger partial charge in [-0.15, -0.1) is 0 Å². The van der Waals surface area contributed by atoms with Crippen LogP contribution in [0.5, 0.6) is 0 Å². The minimum Gasteiger partial charge on any atom is -0.392 e. The van der Waals surface area contributed by atoms with Gasteiger partial charge in [-0.1, -0.05) is 32.4 Å². The van der Waals surface area contributed by atoms with Gasteiger partial charge in [-0.25, -0.2) is 0 Å². The highest BCUT2D eigenvalue weighted by atomic mass is 16.4. The zero-order valence-corrected chi connectivity index (χ0v) is 15.5. The average molecular weight is 351 g/mol. The third-order valence-corrected chi connectivity index (χ3v) is 8.81. The Morgan fingerprint density at radius 1 is 1.12 bits per heavy atom. The van der Waals surface area contributed by atoms with Gasteiger partial charge in [0.15, 0.2) is 0 Å². The van der Waals surface area contributed by atoms with Crippen molar-refractivity contribution in [1.29, 1.82) is 0 Å². The van der Waals surface area contributed by atoms with Crippen LogP contribution >= 0.6 is 0 Å². The number of aliphatic hydroxyl groups is 4. The molecule has 0 aliphatic heterocycles. The maximum atomic E-state index is 11.7. The molecular formula is C20H33NO4. The first-order valence-electron chi connectivity index (χ1n) is 9.79. The summed E-state index contributed by atoms with van der Waals surface area (Å²) in [7, 11) is 0. The van der Waals surface area contributed by atoms with Crippen molar-refractivity contribution in [2.24, 2.45) is 40.2 Å². The largest absolute Gasteiger partial charge is 0.392 e. The minimum absolute atomic E-state index is 0.0897. The van der Waals surface area contributed by atoms with E-state index in [0.29, 0.717) is 19.4 Å². The molecule has 2 bridgehead atoms. The lowest BCUT2D eigenvalue weighted by atomic mass is 9.59. The molecule has 5 heteroatoms. The Bertz CT molecular complexity index is 605. The number of fused-ring (bicyclic) bond motifs is 2. The SMILES string of the molecule is C[C@H]1[C@@H]2CC[C@H]3C(CN)=C[C@]2(C[C@@H](O)[C@@]2(O)[C@H]1C[C@H](O)C2(C)C)[C@@H]3O. The Hall–Kier alpha value is -0.460. The molecule has 0 aromatic rings. The molecule has 0 unspecified atom stereocenters. The predicted octanol–water partition coefficient (Wildman–Crippen LogP) is 0.797. The van der Waals surface area contributed by atoms with Gasteiger partial charge >= 0.3 is 0 Å². The van der Waals surface area contributed by atoms with Crippen LogP contribution < -0.4 is 5.73 Å². The summed E-state index contributed by atoms with van der Waals surface area (Å²) in [5.41, 5.74) is 4.42. The predicted molar refractivity (Wildman–Crippen MR) is 94.4 cm³/mol. The lowest BCUT2D eigenvalue weighted by Crippen LogP contribution is -2.57. The molecule has 9 atom stereocenters. The Balaban J connectivity index is 1.84. The first kappa shape index (κ1) is 17.9. The summed E-state index contributed by atoms with van der Waals surface area (Å²) in [6, 6.07) is 0. The molecule has 4 rings (SSSR count). The maximum Gasteiger partial charge on any atom is 0.101 e. The highest BCUT2D eigenvalue weighted by Crippen LogP contribution is 2.66. The number of hydrogen-bond acceptors (Lipinski definition) is 5. The van der Waals surface area contributed by atoms with Gasteiger partial charge in [-0.05, 0) is 43.4 Å². The number of aliphatic hydroxyl groups excluding tert-OH is 3. The molecule has 5 nitrogen and oxygen atoms in total. The second-order valence-electron chi connectivity index (χ2n) is 9.75. The fraction of sp³-hybridized carbons (Fsp3) is 0.900. The highest BCUT2D eigenvalue weighted by Gasteiger charge is 2.70. The summed E-state index contributed by atoms with van der Waals surface area (Å²) in [5.74, 6) is 0.225. The fourth-order valence-corrected chi connectivity index (χ4v) is 7.23. The van der Waals surface area contributed by atoms with Crippen molar-refractivity contribution in [2.45, 2.75) is 70.4 Å². The van der Waals surface area contributed by atoms with Gasteiger partial charge in [0, 0.05) is 23.3 Å². The van der Waals surface area contributed by atoms with Crippen LogP contribution in [0.15, 0.2) is 11.6 Å². The summed E-state index contributed by atoms with van der Waals surface area (Å²) < 4.78 is 0. The van der Waals surface area contributed by atoms with Crippen LogP contribution in [0.2, 0.25) is 0 Å². The number of rotatable bonds is 1. The Morgan fingerprint density at radius 3 is 2.44 bits per heavy atom. The summed E-state index contributed by atoms with van der Waals surface area (Å²) >= 11 is 0. The van der Waals surface area contributed by atoms with E-state index in [9.17, 15) is 20.4 Å². The lowest BCUT2D eigenvalue weighted by Gasteiger charge is -2.47. The van der Waals surface area contributed by atoms with Crippen molar-refractivity contribution in [2.75, 3.05) is 6.54 Å². The standard InChI is InChI=1S/C20H33NO4/c1-10-13-5-4-12-11(9-21)7-19(13,17(12)24)8-16(23)20(25)14(10)6-15(22)18(20,2)3/h7,10,12-17,22-25H,4-6,8-9,21H2,1-3H3/t10-,12-,13-,14-,15-,16+,17+,19+,20-/m0/s1. The molecule has 3 fully saturated rings. The maximum absolute atomic E-state index is 11.7. The van der Waals surface area contributed by atoms with Gasteiger partial charge in [0.1, 0.15) is 5.60 Å². The van der Waals surface area contributed by atoms with Gasteiger partial charge in [0.05, 0.1) is 18.3 Å². The first-order chi connectivity index (χ1) is 11.6. The van der Waals surface area contributed by atoms with Crippen LogP contribution in [-0.4, -0.2) is 50.9 Å². The van der Waals surface area contributed by atoms with Gasteiger partial charge < -0.3 is 26.2 Å². The molecule has 0 amide bonds. The topological polar surface area (TPSA) is 107 Å². The van der Waals surface area contributed by atoms with Crippen molar-refractivity contribution in [3.63, 3.8) is 0 Å². The van der Waals surface area contributed by atoms with Crippen molar-refractivity contribution in [3.8, 4) is 0 Å². The first-order valence-corrected chi connectivity index (χ1v) is 9.79. The molecule has 3 saturated carbocycles. The quantitative estimate of drug-likeness (QED) is 0.449.